The monoisotopic (exact) mass is 178 g/mol. The second kappa shape index (κ2) is 4.01. The number of nitrogens with zero attached hydrogens (tertiary/aromatic N) is 1. The van der Waals surface area contributed by atoms with Gasteiger partial charge in [0.25, 0.3) is 0 Å². The van der Waals surface area contributed by atoms with Crippen LogP contribution in [0.5, 0.6) is 0 Å². The Bertz CT molecular complexity index is 305. The summed E-state index contributed by atoms with van der Waals surface area (Å²) >= 11 is 0. The first-order chi connectivity index (χ1) is 6.15. The minimum atomic E-state index is -0.584. The van der Waals surface area contributed by atoms with E-state index in [0.29, 0.717) is 11.5 Å². The molecule has 3 heteroatoms. The molecule has 1 aliphatic rings. The molecule has 0 spiro atoms. The van der Waals surface area contributed by atoms with Crippen molar-refractivity contribution < 1.29 is 4.39 Å². The molecule has 2 nitrogen and oxygen atoms in total. The van der Waals surface area contributed by atoms with Crippen LogP contribution in [0.4, 0.5) is 4.39 Å². The third-order valence-electron chi connectivity index (χ3n) is 2.04. The fourth-order valence-corrected chi connectivity index (χ4v) is 0.972. The first-order valence-corrected chi connectivity index (χ1v) is 4.01. The largest absolute Gasteiger partial charge is 0.315 e. The predicted octanol–water partition coefficient (Wildman–Crippen LogP) is 1.70. The topological polar surface area (TPSA) is 35.8 Å². The van der Waals surface area contributed by atoms with Crippen LogP contribution >= 0.6 is 0 Å². The molecule has 0 atom stereocenters. The van der Waals surface area contributed by atoms with Gasteiger partial charge in [-0.3, -0.25) is 0 Å². The SMILES string of the molecule is C=C(C#N)/C(F)=C\C(=C)C1CNC1. The zero-order valence-corrected chi connectivity index (χ0v) is 7.31. The van der Waals surface area contributed by atoms with Crippen molar-refractivity contribution in [2.24, 2.45) is 5.92 Å². The fraction of sp³-hybridized carbons (Fsp3) is 0.300. The summed E-state index contributed by atoms with van der Waals surface area (Å²) in [6, 6.07) is 1.65. The Balaban J connectivity index is 2.59. The molecule has 1 fully saturated rings. The van der Waals surface area contributed by atoms with Crippen LogP contribution in [-0.4, -0.2) is 13.1 Å². The van der Waals surface area contributed by atoms with Gasteiger partial charge in [0.15, 0.2) is 0 Å². The van der Waals surface area contributed by atoms with Crippen LogP contribution in [0, 0.1) is 17.2 Å². The number of hydrogen-bond acceptors (Lipinski definition) is 2. The van der Waals surface area contributed by atoms with Crippen molar-refractivity contribution >= 4 is 0 Å². The summed E-state index contributed by atoms with van der Waals surface area (Å²) in [7, 11) is 0. The third-order valence-corrected chi connectivity index (χ3v) is 2.04. The maximum absolute atomic E-state index is 13.0. The first kappa shape index (κ1) is 9.69. The summed E-state index contributed by atoms with van der Waals surface area (Å²) in [6.45, 7) is 8.66. The van der Waals surface area contributed by atoms with Crippen molar-refractivity contribution in [3.63, 3.8) is 0 Å². The standard InChI is InChI=1S/C10H11FN2/c1-7(9-5-13-6-9)3-10(11)8(2)4-12/h3,9,13H,1-2,5-6H2/b10-3+. The molecule has 1 N–H and O–H groups in total. The molecule has 0 aromatic rings. The second-order valence-electron chi connectivity index (χ2n) is 3.01. The molecule has 0 unspecified atom stereocenters. The van der Waals surface area contributed by atoms with Gasteiger partial charge in [0.1, 0.15) is 11.9 Å². The summed E-state index contributed by atoms with van der Waals surface area (Å²) in [6.07, 6.45) is 1.29. The number of nitriles is 1. The Morgan fingerprint density at radius 3 is 2.54 bits per heavy atom. The average Bonchev–Trinajstić information content (AvgIpc) is 1.99. The van der Waals surface area contributed by atoms with Crippen LogP contribution in [-0.2, 0) is 0 Å². The van der Waals surface area contributed by atoms with Crippen molar-refractivity contribution in [3.05, 3.63) is 36.2 Å². The van der Waals surface area contributed by atoms with E-state index in [1.54, 1.807) is 6.07 Å². The normalized spacial score (nSPS) is 17.4. The molecule has 0 aromatic carbocycles. The predicted molar refractivity (Wildman–Crippen MR) is 49.4 cm³/mol. The highest BCUT2D eigenvalue weighted by Crippen LogP contribution is 2.19. The lowest BCUT2D eigenvalue weighted by atomic mass is 9.94. The summed E-state index contributed by atoms with van der Waals surface area (Å²) < 4.78 is 13.0. The Labute approximate surface area is 77.1 Å². The van der Waals surface area contributed by atoms with Gasteiger partial charge in [-0.1, -0.05) is 13.2 Å². The Kier molecular flexibility index (Phi) is 2.99. The number of allylic oxidation sites excluding steroid dienone is 3. The minimum absolute atomic E-state index is 0.145. The molecule has 0 bridgehead atoms. The highest BCUT2D eigenvalue weighted by Gasteiger charge is 2.19. The van der Waals surface area contributed by atoms with Crippen LogP contribution < -0.4 is 5.32 Å². The third kappa shape index (κ3) is 2.27. The molecule has 0 saturated carbocycles. The van der Waals surface area contributed by atoms with Gasteiger partial charge in [-0.25, -0.2) is 4.39 Å². The van der Waals surface area contributed by atoms with Crippen LogP contribution in [0.2, 0.25) is 0 Å². The highest BCUT2D eigenvalue weighted by atomic mass is 19.1. The maximum atomic E-state index is 13.0. The zero-order valence-electron chi connectivity index (χ0n) is 7.31. The minimum Gasteiger partial charge on any atom is -0.315 e. The van der Waals surface area contributed by atoms with Gasteiger partial charge in [-0.05, 0) is 11.6 Å². The van der Waals surface area contributed by atoms with Crippen LogP contribution in [0.1, 0.15) is 0 Å². The van der Waals surface area contributed by atoms with E-state index in [0.717, 1.165) is 13.1 Å². The highest BCUT2D eigenvalue weighted by molar-refractivity contribution is 5.39. The van der Waals surface area contributed by atoms with Crippen molar-refractivity contribution in [3.8, 4) is 6.07 Å². The lowest BCUT2D eigenvalue weighted by Crippen LogP contribution is -2.42. The van der Waals surface area contributed by atoms with Gasteiger partial charge >= 0.3 is 0 Å². The fourth-order valence-electron chi connectivity index (χ4n) is 0.972. The number of hydrogen-bond donors (Lipinski definition) is 1. The van der Waals surface area contributed by atoms with E-state index in [2.05, 4.69) is 18.5 Å². The first-order valence-electron chi connectivity index (χ1n) is 4.01. The Morgan fingerprint density at radius 2 is 2.15 bits per heavy atom. The van der Waals surface area contributed by atoms with Gasteiger partial charge in [0.2, 0.25) is 0 Å². The van der Waals surface area contributed by atoms with Crippen LogP contribution in [0.25, 0.3) is 0 Å². The second-order valence-corrected chi connectivity index (χ2v) is 3.01. The van der Waals surface area contributed by atoms with E-state index in [1.807, 2.05) is 0 Å². The molecule has 1 heterocycles. The van der Waals surface area contributed by atoms with Crippen molar-refractivity contribution in [2.45, 2.75) is 0 Å². The lowest BCUT2D eigenvalue weighted by molar-refractivity contribution is 0.405. The number of nitrogens with one attached hydrogen (secondary N) is 1. The van der Waals surface area contributed by atoms with Crippen LogP contribution in [0.15, 0.2) is 36.2 Å². The molecular weight excluding hydrogens is 167 g/mol. The van der Waals surface area contributed by atoms with Crippen molar-refractivity contribution in [1.29, 1.82) is 5.26 Å². The molecule has 0 amide bonds. The van der Waals surface area contributed by atoms with E-state index in [1.165, 1.54) is 6.08 Å². The smallest absolute Gasteiger partial charge is 0.140 e. The van der Waals surface area contributed by atoms with E-state index < -0.39 is 5.83 Å². The quantitative estimate of drug-likeness (QED) is 0.527. The lowest BCUT2D eigenvalue weighted by Gasteiger charge is -2.27. The summed E-state index contributed by atoms with van der Waals surface area (Å²) in [5.74, 6) is -0.281. The molecule has 0 radical (unpaired) electrons. The molecule has 0 aromatic heterocycles. The van der Waals surface area contributed by atoms with Gasteiger partial charge in [-0.15, -0.1) is 0 Å². The van der Waals surface area contributed by atoms with Gasteiger partial charge in [0, 0.05) is 19.0 Å². The molecule has 0 aliphatic carbocycles. The molecule has 1 saturated heterocycles. The van der Waals surface area contributed by atoms with Crippen molar-refractivity contribution in [2.75, 3.05) is 13.1 Å². The van der Waals surface area contributed by atoms with Crippen molar-refractivity contribution in [1.82, 2.24) is 5.32 Å². The molecule has 1 aliphatic heterocycles. The molecule has 13 heavy (non-hydrogen) atoms. The molecular formula is C10H11FN2. The summed E-state index contributed by atoms with van der Waals surface area (Å²) in [4.78, 5) is 0. The average molecular weight is 178 g/mol. The van der Waals surface area contributed by atoms with Gasteiger partial charge < -0.3 is 5.32 Å². The maximum Gasteiger partial charge on any atom is 0.140 e. The summed E-state index contributed by atoms with van der Waals surface area (Å²) in [5, 5.41) is 11.4. The Morgan fingerprint density at radius 1 is 1.54 bits per heavy atom. The number of rotatable bonds is 3. The van der Waals surface area contributed by atoms with Gasteiger partial charge in [-0.2, -0.15) is 5.26 Å². The molecule has 1 rings (SSSR count). The number of halogens is 1. The van der Waals surface area contributed by atoms with E-state index in [9.17, 15) is 4.39 Å². The van der Waals surface area contributed by atoms with E-state index in [-0.39, 0.29) is 5.57 Å². The van der Waals surface area contributed by atoms with Gasteiger partial charge in [0.05, 0.1) is 5.57 Å². The zero-order chi connectivity index (χ0) is 9.84. The summed E-state index contributed by atoms with van der Waals surface area (Å²) in [5.41, 5.74) is 0.570. The molecule has 68 valence electrons. The van der Waals surface area contributed by atoms with Crippen LogP contribution in [0.3, 0.4) is 0 Å². The van der Waals surface area contributed by atoms with E-state index in [4.69, 9.17) is 5.26 Å². The van der Waals surface area contributed by atoms with E-state index >= 15 is 0 Å². The Hall–Kier alpha value is -1.40.